The van der Waals surface area contributed by atoms with Gasteiger partial charge in [-0.1, -0.05) is 6.92 Å². The zero-order valence-electron chi connectivity index (χ0n) is 10.6. The third kappa shape index (κ3) is 1.97. The maximum atomic E-state index is 6.13. The molecule has 0 spiro atoms. The second-order valence-electron chi connectivity index (χ2n) is 4.80. The number of hydrogen-bond acceptors (Lipinski definition) is 4. The van der Waals surface area contributed by atoms with Gasteiger partial charge < -0.3 is 10.3 Å². The molecule has 1 atom stereocenters. The number of aromatic nitrogens is 3. The summed E-state index contributed by atoms with van der Waals surface area (Å²) in [6.07, 6.45) is 8.27. The van der Waals surface area contributed by atoms with E-state index in [-0.39, 0.29) is 6.04 Å². The van der Waals surface area contributed by atoms with E-state index >= 15 is 0 Å². The summed E-state index contributed by atoms with van der Waals surface area (Å²) in [5, 5.41) is 1.07. The Hall–Kier alpha value is -1.20. The zero-order chi connectivity index (χ0) is 12.5. The molecule has 1 aliphatic carbocycles. The van der Waals surface area contributed by atoms with Gasteiger partial charge in [0.1, 0.15) is 5.01 Å². The highest BCUT2D eigenvalue weighted by Crippen LogP contribution is 2.35. The smallest absolute Gasteiger partial charge is 0.142 e. The van der Waals surface area contributed by atoms with Crippen LogP contribution >= 0.6 is 11.3 Å². The lowest BCUT2D eigenvalue weighted by Gasteiger charge is -2.15. The second-order valence-corrected chi connectivity index (χ2v) is 5.88. The number of thiazole rings is 1. The van der Waals surface area contributed by atoms with Crippen LogP contribution in [0.4, 0.5) is 0 Å². The van der Waals surface area contributed by atoms with E-state index in [0.717, 1.165) is 42.2 Å². The molecule has 18 heavy (non-hydrogen) atoms. The Labute approximate surface area is 111 Å². The molecule has 2 aromatic heterocycles. The largest absolute Gasteiger partial charge is 0.329 e. The van der Waals surface area contributed by atoms with Crippen LogP contribution in [0.25, 0.3) is 10.7 Å². The number of aryl methyl sites for hydroxylation is 2. The maximum Gasteiger partial charge on any atom is 0.142 e. The van der Waals surface area contributed by atoms with Crippen LogP contribution in [-0.4, -0.2) is 14.5 Å². The van der Waals surface area contributed by atoms with Gasteiger partial charge in [-0.2, -0.15) is 0 Å². The molecule has 2 aromatic rings. The molecule has 1 aliphatic rings. The van der Waals surface area contributed by atoms with Crippen molar-refractivity contribution in [2.24, 2.45) is 5.73 Å². The fourth-order valence-electron chi connectivity index (χ4n) is 2.48. The molecule has 96 valence electrons. The highest BCUT2D eigenvalue weighted by Gasteiger charge is 2.23. The van der Waals surface area contributed by atoms with Crippen LogP contribution in [0, 0.1) is 0 Å². The lowest BCUT2D eigenvalue weighted by atomic mass is 9.99. The lowest BCUT2D eigenvalue weighted by Crippen LogP contribution is -2.16. The molecule has 0 aromatic carbocycles. The number of fused-ring (bicyclic) bond motifs is 1. The summed E-state index contributed by atoms with van der Waals surface area (Å²) in [6, 6.07) is 0.126. The van der Waals surface area contributed by atoms with E-state index in [9.17, 15) is 0 Å². The van der Waals surface area contributed by atoms with Crippen molar-refractivity contribution in [2.75, 3.05) is 0 Å². The molecule has 3 rings (SSSR count). The molecule has 0 bridgehead atoms. The van der Waals surface area contributed by atoms with Crippen molar-refractivity contribution in [3.05, 3.63) is 23.1 Å². The molecule has 2 N–H and O–H groups in total. The van der Waals surface area contributed by atoms with Gasteiger partial charge in [-0.15, -0.1) is 11.3 Å². The fraction of sp³-hybridized carbons (Fsp3) is 0.538. The average Bonchev–Trinajstić information content (AvgIpc) is 2.95. The summed E-state index contributed by atoms with van der Waals surface area (Å²) in [4.78, 5) is 10.4. The SMILES string of the molecule is CCCn1cncc1-c1nc2c(s1)CCCC2N. The van der Waals surface area contributed by atoms with Crippen LogP contribution in [0.15, 0.2) is 12.5 Å². The minimum Gasteiger partial charge on any atom is -0.329 e. The Kier molecular flexibility index (Phi) is 3.18. The van der Waals surface area contributed by atoms with Gasteiger partial charge in [-0.3, -0.25) is 0 Å². The first-order chi connectivity index (χ1) is 8.79. The van der Waals surface area contributed by atoms with Gasteiger partial charge in [0, 0.05) is 17.5 Å². The van der Waals surface area contributed by atoms with Gasteiger partial charge in [0.25, 0.3) is 0 Å². The van der Waals surface area contributed by atoms with E-state index in [0.29, 0.717) is 0 Å². The summed E-state index contributed by atoms with van der Waals surface area (Å²) in [7, 11) is 0. The van der Waals surface area contributed by atoms with Crippen LogP contribution in [0.1, 0.15) is 42.8 Å². The van der Waals surface area contributed by atoms with Gasteiger partial charge >= 0.3 is 0 Å². The Morgan fingerprint density at radius 1 is 1.56 bits per heavy atom. The lowest BCUT2D eigenvalue weighted by molar-refractivity contribution is 0.564. The van der Waals surface area contributed by atoms with E-state index in [4.69, 9.17) is 10.7 Å². The van der Waals surface area contributed by atoms with Crippen LogP contribution in [0.3, 0.4) is 0 Å². The van der Waals surface area contributed by atoms with Gasteiger partial charge in [0.2, 0.25) is 0 Å². The zero-order valence-corrected chi connectivity index (χ0v) is 11.4. The van der Waals surface area contributed by atoms with E-state index in [2.05, 4.69) is 16.5 Å². The summed E-state index contributed by atoms with van der Waals surface area (Å²) in [5.41, 5.74) is 8.38. The van der Waals surface area contributed by atoms with Crippen LogP contribution in [0.2, 0.25) is 0 Å². The van der Waals surface area contributed by atoms with E-state index < -0.39 is 0 Å². The van der Waals surface area contributed by atoms with Crippen molar-refractivity contribution in [1.29, 1.82) is 0 Å². The highest BCUT2D eigenvalue weighted by atomic mass is 32.1. The molecule has 1 unspecified atom stereocenters. The molecule has 0 fully saturated rings. The minimum atomic E-state index is 0.126. The standard InChI is InChI=1S/C13H18N4S/c1-2-6-17-8-15-7-10(17)13-16-12-9(14)4-3-5-11(12)18-13/h7-9H,2-6,14H2,1H3. The van der Waals surface area contributed by atoms with Crippen molar-refractivity contribution < 1.29 is 0 Å². The predicted octanol–water partition coefficient (Wildman–Crippen LogP) is 2.75. The van der Waals surface area contributed by atoms with Crippen molar-refractivity contribution in [3.8, 4) is 10.7 Å². The fourth-order valence-corrected chi connectivity index (χ4v) is 3.68. The molecular formula is C13H18N4S. The molecule has 0 saturated heterocycles. The van der Waals surface area contributed by atoms with Crippen LogP contribution < -0.4 is 5.73 Å². The summed E-state index contributed by atoms with van der Waals surface area (Å²) < 4.78 is 2.18. The van der Waals surface area contributed by atoms with E-state index in [1.807, 2.05) is 12.5 Å². The molecular weight excluding hydrogens is 244 g/mol. The quantitative estimate of drug-likeness (QED) is 0.925. The second kappa shape index (κ2) is 4.82. The monoisotopic (exact) mass is 262 g/mol. The Bertz CT molecular complexity index is 543. The van der Waals surface area contributed by atoms with E-state index in [1.165, 1.54) is 11.3 Å². The minimum absolute atomic E-state index is 0.126. The molecule has 0 saturated carbocycles. The van der Waals surface area contributed by atoms with Gasteiger partial charge in [-0.25, -0.2) is 9.97 Å². The van der Waals surface area contributed by atoms with Gasteiger partial charge in [0.15, 0.2) is 0 Å². The Morgan fingerprint density at radius 3 is 3.22 bits per heavy atom. The van der Waals surface area contributed by atoms with Crippen molar-refractivity contribution in [3.63, 3.8) is 0 Å². The molecule has 2 heterocycles. The third-order valence-corrected chi connectivity index (χ3v) is 4.55. The van der Waals surface area contributed by atoms with Crippen molar-refractivity contribution in [2.45, 2.75) is 45.2 Å². The van der Waals surface area contributed by atoms with Crippen LogP contribution in [0.5, 0.6) is 0 Å². The summed E-state index contributed by atoms with van der Waals surface area (Å²) in [6.45, 7) is 3.16. The normalized spacial score (nSPS) is 18.9. The van der Waals surface area contributed by atoms with Crippen LogP contribution in [-0.2, 0) is 13.0 Å². The maximum absolute atomic E-state index is 6.13. The molecule has 0 radical (unpaired) electrons. The average molecular weight is 262 g/mol. The topological polar surface area (TPSA) is 56.7 Å². The molecule has 4 nitrogen and oxygen atoms in total. The Morgan fingerprint density at radius 2 is 2.44 bits per heavy atom. The number of nitrogens with zero attached hydrogens (tertiary/aromatic N) is 3. The third-order valence-electron chi connectivity index (χ3n) is 3.39. The first-order valence-corrected chi connectivity index (χ1v) is 7.37. The van der Waals surface area contributed by atoms with E-state index in [1.54, 1.807) is 11.3 Å². The van der Waals surface area contributed by atoms with Crippen molar-refractivity contribution in [1.82, 2.24) is 14.5 Å². The summed E-state index contributed by atoms with van der Waals surface area (Å²) >= 11 is 1.78. The molecule has 0 amide bonds. The Balaban J connectivity index is 1.99. The first kappa shape index (κ1) is 11.9. The number of nitrogens with two attached hydrogens (primary N) is 1. The van der Waals surface area contributed by atoms with Gasteiger partial charge in [-0.05, 0) is 25.7 Å². The summed E-state index contributed by atoms with van der Waals surface area (Å²) in [5.74, 6) is 0. The first-order valence-electron chi connectivity index (χ1n) is 6.55. The van der Waals surface area contributed by atoms with Gasteiger partial charge in [0.05, 0.1) is 23.9 Å². The molecule has 0 aliphatic heterocycles. The highest BCUT2D eigenvalue weighted by molar-refractivity contribution is 7.15. The predicted molar refractivity (Wildman–Crippen MR) is 73.5 cm³/mol. The number of imidazole rings is 1. The van der Waals surface area contributed by atoms with Crippen molar-refractivity contribution >= 4 is 11.3 Å². The number of rotatable bonds is 3. The molecule has 5 heteroatoms. The number of hydrogen-bond donors (Lipinski definition) is 1.